The molecule has 19 heavy (non-hydrogen) atoms. The van der Waals surface area contributed by atoms with Gasteiger partial charge in [-0.25, -0.2) is 0 Å². The first-order chi connectivity index (χ1) is 9.11. The smallest absolute Gasteiger partial charge is 0.253 e. The van der Waals surface area contributed by atoms with E-state index in [1.807, 2.05) is 0 Å². The lowest BCUT2D eigenvalue weighted by Crippen LogP contribution is -2.48. The summed E-state index contributed by atoms with van der Waals surface area (Å²) < 4.78 is 0. The number of carbonyl (C=O) groups excluding carboxylic acids is 1. The normalized spacial score (nSPS) is 29.2. The van der Waals surface area contributed by atoms with Gasteiger partial charge in [0.15, 0.2) is 0 Å². The fraction of sp³-hybridized carbons (Fsp3) is 0.500. The number of hydrogen-bond acceptors (Lipinski definition) is 3. The Balaban J connectivity index is 1.69. The molecule has 2 fully saturated rings. The number of amides is 1. The highest BCUT2D eigenvalue weighted by Gasteiger charge is 2.34. The molecular weight excluding hydrogens is 264 g/mol. The van der Waals surface area contributed by atoms with Crippen LogP contribution in [0.1, 0.15) is 36.0 Å². The van der Waals surface area contributed by atoms with E-state index in [2.05, 4.69) is 10.6 Å². The predicted octanol–water partition coefficient (Wildman–Crippen LogP) is 2.06. The minimum Gasteiger partial charge on any atom is -0.508 e. The second kappa shape index (κ2) is 5.02. The van der Waals surface area contributed by atoms with Gasteiger partial charge in [0.2, 0.25) is 0 Å². The number of hydrogen-bond donors (Lipinski definition) is 3. The Morgan fingerprint density at radius 1 is 1.32 bits per heavy atom. The Morgan fingerprint density at radius 3 is 2.68 bits per heavy atom. The number of benzene rings is 1. The molecule has 0 spiro atoms. The van der Waals surface area contributed by atoms with Gasteiger partial charge in [0, 0.05) is 18.1 Å². The lowest BCUT2D eigenvalue weighted by Gasteiger charge is -2.29. The molecule has 2 unspecified atom stereocenters. The zero-order chi connectivity index (χ0) is 13.4. The van der Waals surface area contributed by atoms with Crippen LogP contribution in [0.5, 0.6) is 5.75 Å². The summed E-state index contributed by atoms with van der Waals surface area (Å²) in [6, 6.07) is 5.69. The molecule has 3 rings (SSSR count). The number of piperidine rings is 1. The molecule has 2 aliphatic heterocycles. The van der Waals surface area contributed by atoms with Crippen molar-refractivity contribution >= 4 is 17.5 Å². The third-order valence-corrected chi connectivity index (χ3v) is 4.33. The monoisotopic (exact) mass is 280 g/mol. The van der Waals surface area contributed by atoms with Crippen LogP contribution < -0.4 is 10.6 Å². The van der Waals surface area contributed by atoms with E-state index in [4.69, 9.17) is 11.6 Å². The summed E-state index contributed by atoms with van der Waals surface area (Å²) in [7, 11) is 0. The molecule has 102 valence electrons. The van der Waals surface area contributed by atoms with Crippen LogP contribution in [0, 0.1) is 0 Å². The molecule has 1 amide bonds. The Kier molecular flexibility index (Phi) is 3.37. The molecule has 1 aromatic carbocycles. The molecule has 2 bridgehead atoms. The third kappa shape index (κ3) is 2.69. The molecule has 5 heteroatoms. The van der Waals surface area contributed by atoms with Crippen molar-refractivity contribution in [2.45, 2.75) is 43.8 Å². The topological polar surface area (TPSA) is 61.4 Å². The van der Waals surface area contributed by atoms with E-state index in [1.54, 1.807) is 0 Å². The van der Waals surface area contributed by atoms with Crippen LogP contribution in [-0.4, -0.2) is 29.1 Å². The first-order valence-electron chi connectivity index (χ1n) is 6.67. The van der Waals surface area contributed by atoms with E-state index in [0.29, 0.717) is 22.7 Å². The lowest BCUT2D eigenvalue weighted by atomic mass is 9.99. The Morgan fingerprint density at radius 2 is 2.00 bits per heavy atom. The fourth-order valence-electron chi connectivity index (χ4n) is 3.13. The number of rotatable bonds is 2. The lowest BCUT2D eigenvalue weighted by molar-refractivity contribution is 0.0923. The SMILES string of the molecule is O=C(NC1CC2CCC(C1)N2)c1cc(O)ccc1Cl. The van der Waals surface area contributed by atoms with Crippen LogP contribution >= 0.6 is 11.6 Å². The summed E-state index contributed by atoms with van der Waals surface area (Å²) in [6.45, 7) is 0. The molecule has 3 N–H and O–H groups in total. The van der Waals surface area contributed by atoms with Gasteiger partial charge in [-0.2, -0.15) is 0 Å². The second-order valence-electron chi connectivity index (χ2n) is 5.44. The van der Waals surface area contributed by atoms with Gasteiger partial charge in [0.25, 0.3) is 5.91 Å². The molecular formula is C14H17ClN2O2. The van der Waals surface area contributed by atoms with Crippen LogP contribution in [0.3, 0.4) is 0 Å². The van der Waals surface area contributed by atoms with Crippen molar-refractivity contribution in [2.75, 3.05) is 0 Å². The molecule has 4 nitrogen and oxygen atoms in total. The quantitative estimate of drug-likeness (QED) is 0.777. The summed E-state index contributed by atoms with van der Waals surface area (Å²) in [4.78, 5) is 12.2. The molecule has 2 heterocycles. The zero-order valence-electron chi connectivity index (χ0n) is 10.5. The molecule has 2 atom stereocenters. The van der Waals surface area contributed by atoms with Crippen LogP contribution in [0.4, 0.5) is 0 Å². The van der Waals surface area contributed by atoms with Crippen LogP contribution in [0.15, 0.2) is 18.2 Å². The standard InChI is InChI=1S/C14H17ClN2O2/c15-13-4-3-11(18)7-12(13)14(19)17-10-5-8-1-2-9(6-10)16-8/h3-4,7-10,16,18H,1-2,5-6H2,(H,17,19). The van der Waals surface area contributed by atoms with Crippen LogP contribution in [0.2, 0.25) is 5.02 Å². The molecule has 1 aromatic rings. The minimum atomic E-state index is -0.202. The van der Waals surface area contributed by atoms with E-state index >= 15 is 0 Å². The van der Waals surface area contributed by atoms with Crippen molar-refractivity contribution in [3.8, 4) is 5.75 Å². The summed E-state index contributed by atoms with van der Waals surface area (Å²) in [5.41, 5.74) is 0.340. The van der Waals surface area contributed by atoms with Crippen LogP contribution in [0.25, 0.3) is 0 Å². The predicted molar refractivity (Wildman–Crippen MR) is 73.6 cm³/mol. The average molecular weight is 281 g/mol. The number of nitrogens with one attached hydrogen (secondary N) is 2. The zero-order valence-corrected chi connectivity index (χ0v) is 11.3. The van der Waals surface area contributed by atoms with Gasteiger partial charge in [-0.05, 0) is 43.9 Å². The maximum absolute atomic E-state index is 12.2. The number of phenols is 1. The second-order valence-corrected chi connectivity index (χ2v) is 5.85. The van der Waals surface area contributed by atoms with Crippen molar-refractivity contribution in [2.24, 2.45) is 0 Å². The van der Waals surface area contributed by atoms with Gasteiger partial charge >= 0.3 is 0 Å². The molecule has 0 radical (unpaired) electrons. The van der Waals surface area contributed by atoms with Gasteiger partial charge in [0.1, 0.15) is 5.75 Å². The van der Waals surface area contributed by atoms with E-state index in [9.17, 15) is 9.90 Å². The Labute approximate surface area is 117 Å². The Bertz CT molecular complexity index is 494. The first-order valence-corrected chi connectivity index (χ1v) is 7.05. The molecule has 0 saturated carbocycles. The summed E-state index contributed by atoms with van der Waals surface area (Å²) in [5, 5.41) is 16.4. The van der Waals surface area contributed by atoms with E-state index in [0.717, 1.165) is 12.8 Å². The van der Waals surface area contributed by atoms with Crippen LogP contribution in [-0.2, 0) is 0 Å². The van der Waals surface area contributed by atoms with E-state index in [-0.39, 0.29) is 17.7 Å². The summed E-state index contributed by atoms with van der Waals surface area (Å²) in [6.07, 6.45) is 4.34. The third-order valence-electron chi connectivity index (χ3n) is 4.00. The highest BCUT2D eigenvalue weighted by atomic mass is 35.5. The summed E-state index contributed by atoms with van der Waals surface area (Å²) in [5.74, 6) is -0.146. The van der Waals surface area contributed by atoms with Gasteiger partial charge in [-0.3, -0.25) is 4.79 Å². The first kappa shape index (κ1) is 12.8. The highest BCUT2D eigenvalue weighted by Crippen LogP contribution is 2.27. The van der Waals surface area contributed by atoms with E-state index in [1.165, 1.54) is 31.0 Å². The van der Waals surface area contributed by atoms with Gasteiger partial charge < -0.3 is 15.7 Å². The van der Waals surface area contributed by atoms with Gasteiger partial charge in [-0.15, -0.1) is 0 Å². The molecule has 0 aromatic heterocycles. The minimum absolute atomic E-state index is 0.0555. The summed E-state index contributed by atoms with van der Waals surface area (Å²) >= 11 is 5.99. The Hall–Kier alpha value is -1.26. The maximum atomic E-state index is 12.2. The number of aromatic hydroxyl groups is 1. The maximum Gasteiger partial charge on any atom is 0.253 e. The number of halogens is 1. The largest absolute Gasteiger partial charge is 0.508 e. The van der Waals surface area contributed by atoms with Gasteiger partial charge in [0.05, 0.1) is 10.6 Å². The van der Waals surface area contributed by atoms with Gasteiger partial charge in [-0.1, -0.05) is 11.6 Å². The molecule has 0 aliphatic carbocycles. The molecule has 2 saturated heterocycles. The number of phenolic OH excluding ortho intramolecular Hbond substituents is 1. The van der Waals surface area contributed by atoms with Crippen molar-refractivity contribution < 1.29 is 9.90 Å². The fourth-order valence-corrected chi connectivity index (χ4v) is 3.33. The van der Waals surface area contributed by atoms with Crippen molar-refractivity contribution in [1.82, 2.24) is 10.6 Å². The average Bonchev–Trinajstić information content (AvgIpc) is 2.71. The van der Waals surface area contributed by atoms with Crippen molar-refractivity contribution in [3.05, 3.63) is 28.8 Å². The molecule has 2 aliphatic rings. The highest BCUT2D eigenvalue weighted by molar-refractivity contribution is 6.33. The number of fused-ring (bicyclic) bond motifs is 2. The van der Waals surface area contributed by atoms with Crippen molar-refractivity contribution in [3.63, 3.8) is 0 Å². The van der Waals surface area contributed by atoms with Crippen molar-refractivity contribution in [1.29, 1.82) is 0 Å². The number of carbonyl (C=O) groups is 1. The van der Waals surface area contributed by atoms with E-state index < -0.39 is 0 Å².